The molecule has 2 aromatic carbocycles. The highest BCUT2D eigenvalue weighted by Gasteiger charge is 2.30. The molecule has 1 amide bonds. The Morgan fingerprint density at radius 2 is 1.84 bits per heavy atom. The number of carbonyl (C=O) groups excluding carboxylic acids is 1. The zero-order chi connectivity index (χ0) is 22.7. The maximum atomic E-state index is 12.7. The van der Waals surface area contributed by atoms with E-state index in [2.05, 4.69) is 5.32 Å². The molecule has 1 aromatic heterocycles. The van der Waals surface area contributed by atoms with Gasteiger partial charge in [0, 0.05) is 31.7 Å². The summed E-state index contributed by atoms with van der Waals surface area (Å²) in [5.41, 5.74) is 2.63. The van der Waals surface area contributed by atoms with Crippen molar-refractivity contribution in [3.8, 4) is 0 Å². The fourth-order valence-corrected chi connectivity index (χ4v) is 6.54. The molecule has 1 saturated heterocycles. The van der Waals surface area contributed by atoms with E-state index in [0.29, 0.717) is 38.0 Å². The van der Waals surface area contributed by atoms with E-state index in [-0.39, 0.29) is 22.5 Å². The molecule has 9 heteroatoms. The van der Waals surface area contributed by atoms with Crippen LogP contribution in [0.5, 0.6) is 0 Å². The summed E-state index contributed by atoms with van der Waals surface area (Å²) < 4.78 is 29.3. The van der Waals surface area contributed by atoms with E-state index < -0.39 is 10.0 Å². The van der Waals surface area contributed by atoms with E-state index in [1.807, 2.05) is 42.5 Å². The van der Waals surface area contributed by atoms with Crippen molar-refractivity contribution in [2.45, 2.75) is 25.7 Å². The minimum atomic E-state index is -3.32. The molecule has 0 atom stereocenters. The molecule has 0 bridgehead atoms. The Hall–Kier alpha value is -2.49. The van der Waals surface area contributed by atoms with Gasteiger partial charge < -0.3 is 9.88 Å². The molecule has 0 spiro atoms. The van der Waals surface area contributed by atoms with Gasteiger partial charge in [0.05, 0.1) is 16.0 Å². The molecular formula is C23H27N3O4S2. The van der Waals surface area contributed by atoms with Crippen LogP contribution >= 0.6 is 11.3 Å². The first-order chi connectivity index (χ1) is 15.3. The third kappa shape index (κ3) is 5.11. The van der Waals surface area contributed by atoms with Crippen molar-refractivity contribution in [3.63, 3.8) is 0 Å². The van der Waals surface area contributed by atoms with E-state index in [4.69, 9.17) is 0 Å². The smallest absolute Gasteiger partial charge is 0.307 e. The number of nitrogens with zero attached hydrogens (tertiary/aromatic N) is 2. The van der Waals surface area contributed by atoms with Crippen molar-refractivity contribution in [1.82, 2.24) is 8.87 Å². The summed E-state index contributed by atoms with van der Waals surface area (Å²) in [4.78, 5) is 24.5. The minimum absolute atomic E-state index is 0.0409. The van der Waals surface area contributed by atoms with Crippen LogP contribution in [0, 0.1) is 5.92 Å². The summed E-state index contributed by atoms with van der Waals surface area (Å²) in [5.74, 6) is -0.205. The number of thiazole rings is 1. The Morgan fingerprint density at radius 1 is 1.12 bits per heavy atom. The third-order valence-electron chi connectivity index (χ3n) is 5.99. The van der Waals surface area contributed by atoms with Gasteiger partial charge in [0.1, 0.15) is 0 Å². The first kappa shape index (κ1) is 22.7. The zero-order valence-corrected chi connectivity index (χ0v) is 19.6. The van der Waals surface area contributed by atoms with Crippen LogP contribution in [0.4, 0.5) is 5.69 Å². The minimum Gasteiger partial charge on any atom is -0.326 e. The van der Waals surface area contributed by atoms with Crippen LogP contribution in [0.25, 0.3) is 10.2 Å². The van der Waals surface area contributed by atoms with E-state index in [0.717, 1.165) is 33.5 Å². The first-order valence-electron chi connectivity index (χ1n) is 10.8. The van der Waals surface area contributed by atoms with Gasteiger partial charge in [-0.25, -0.2) is 12.7 Å². The van der Waals surface area contributed by atoms with E-state index >= 15 is 0 Å². The van der Waals surface area contributed by atoms with Gasteiger partial charge in [-0.1, -0.05) is 41.7 Å². The van der Waals surface area contributed by atoms with Gasteiger partial charge in [0.2, 0.25) is 15.9 Å². The fraction of sp³-hybridized carbons (Fsp3) is 0.391. The quantitative estimate of drug-likeness (QED) is 0.571. The molecule has 1 aliphatic rings. The van der Waals surface area contributed by atoms with Crippen molar-refractivity contribution in [3.05, 3.63) is 63.8 Å². The number of fused-ring (bicyclic) bond motifs is 1. The monoisotopic (exact) mass is 473 g/mol. The Kier molecular flexibility index (Phi) is 6.78. The first-order valence-corrected chi connectivity index (χ1v) is 13.2. The van der Waals surface area contributed by atoms with Gasteiger partial charge in [-0.15, -0.1) is 0 Å². The lowest BCUT2D eigenvalue weighted by Gasteiger charge is -2.30. The second-order valence-electron chi connectivity index (χ2n) is 8.18. The third-order valence-corrected chi connectivity index (χ3v) is 8.94. The van der Waals surface area contributed by atoms with Gasteiger partial charge in [0.15, 0.2) is 0 Å². The summed E-state index contributed by atoms with van der Waals surface area (Å²) in [6.45, 7) is 0.732. The molecule has 0 saturated carbocycles. The van der Waals surface area contributed by atoms with Crippen molar-refractivity contribution >= 4 is 43.2 Å². The van der Waals surface area contributed by atoms with Gasteiger partial charge >= 0.3 is 4.87 Å². The summed E-state index contributed by atoms with van der Waals surface area (Å²) in [6, 6.07) is 15.3. The predicted octanol–water partition coefficient (Wildman–Crippen LogP) is 3.21. The largest absolute Gasteiger partial charge is 0.326 e. The molecule has 32 heavy (non-hydrogen) atoms. The number of benzene rings is 2. The molecular weight excluding hydrogens is 446 g/mol. The number of aromatic nitrogens is 1. The number of hydrogen-bond donors (Lipinski definition) is 1. The van der Waals surface area contributed by atoms with Crippen LogP contribution in [-0.4, -0.2) is 42.0 Å². The van der Waals surface area contributed by atoms with Crippen molar-refractivity contribution < 1.29 is 13.2 Å². The summed E-state index contributed by atoms with van der Waals surface area (Å²) in [5, 5.41) is 2.93. The van der Waals surface area contributed by atoms with Gasteiger partial charge in [0.25, 0.3) is 0 Å². The van der Waals surface area contributed by atoms with Crippen molar-refractivity contribution in [2.75, 3.05) is 24.2 Å². The van der Waals surface area contributed by atoms with E-state index in [1.54, 1.807) is 17.7 Å². The molecule has 1 aliphatic heterocycles. The molecule has 1 N–H and O–H groups in total. The maximum absolute atomic E-state index is 12.7. The SMILES string of the molecule is Cn1c(=O)sc2cc(NC(=O)C3CCN(S(=O)(=O)CCCc4ccccc4)CC3)ccc21. The van der Waals surface area contributed by atoms with Crippen LogP contribution < -0.4 is 10.2 Å². The van der Waals surface area contributed by atoms with Crippen LogP contribution in [0.2, 0.25) is 0 Å². The number of hydrogen-bond acceptors (Lipinski definition) is 5. The molecule has 0 radical (unpaired) electrons. The number of rotatable bonds is 7. The lowest BCUT2D eigenvalue weighted by atomic mass is 9.97. The number of piperidine rings is 1. The highest BCUT2D eigenvalue weighted by atomic mass is 32.2. The average molecular weight is 474 g/mol. The van der Waals surface area contributed by atoms with Gasteiger partial charge in [-0.2, -0.15) is 0 Å². The molecule has 0 unspecified atom stereocenters. The second kappa shape index (κ2) is 9.56. The zero-order valence-electron chi connectivity index (χ0n) is 18.0. The Morgan fingerprint density at radius 3 is 2.56 bits per heavy atom. The molecule has 7 nitrogen and oxygen atoms in total. The number of sulfonamides is 1. The fourth-order valence-electron chi connectivity index (χ4n) is 4.08. The van der Waals surface area contributed by atoms with E-state index in [1.165, 1.54) is 4.31 Å². The lowest BCUT2D eigenvalue weighted by Crippen LogP contribution is -2.42. The topological polar surface area (TPSA) is 88.5 Å². The summed E-state index contributed by atoms with van der Waals surface area (Å²) >= 11 is 1.15. The van der Waals surface area contributed by atoms with Crippen LogP contribution in [-0.2, 0) is 28.3 Å². The molecule has 4 rings (SSSR count). The van der Waals surface area contributed by atoms with Crippen LogP contribution in [0.1, 0.15) is 24.8 Å². The van der Waals surface area contributed by atoms with Gasteiger partial charge in [-0.05, 0) is 49.4 Å². The highest BCUT2D eigenvalue weighted by Crippen LogP contribution is 2.25. The molecule has 0 aliphatic carbocycles. The van der Waals surface area contributed by atoms with Gasteiger partial charge in [-0.3, -0.25) is 9.59 Å². The normalized spacial score (nSPS) is 15.8. The number of carbonyl (C=O) groups is 1. The Bertz CT molecular complexity index is 1260. The molecule has 2 heterocycles. The summed E-state index contributed by atoms with van der Waals surface area (Å²) in [6.07, 6.45) is 2.33. The van der Waals surface area contributed by atoms with Crippen molar-refractivity contribution in [2.24, 2.45) is 13.0 Å². The Labute approximate surface area is 191 Å². The van der Waals surface area contributed by atoms with Crippen LogP contribution in [0.3, 0.4) is 0 Å². The lowest BCUT2D eigenvalue weighted by molar-refractivity contribution is -0.120. The predicted molar refractivity (Wildman–Crippen MR) is 129 cm³/mol. The maximum Gasteiger partial charge on any atom is 0.307 e. The number of anilines is 1. The molecule has 3 aromatic rings. The second-order valence-corrected chi connectivity index (χ2v) is 11.3. The highest BCUT2D eigenvalue weighted by molar-refractivity contribution is 7.89. The number of aryl methyl sites for hydroxylation is 2. The molecule has 170 valence electrons. The van der Waals surface area contributed by atoms with Crippen molar-refractivity contribution in [1.29, 1.82) is 0 Å². The van der Waals surface area contributed by atoms with Crippen LogP contribution in [0.15, 0.2) is 53.3 Å². The number of amides is 1. The molecule has 1 fully saturated rings. The Balaban J connectivity index is 1.29. The van der Waals surface area contributed by atoms with E-state index in [9.17, 15) is 18.0 Å². The number of nitrogens with one attached hydrogen (secondary N) is 1. The standard InChI is InChI=1S/C23H27N3O4S2/c1-25-20-10-9-19(16-21(20)31-23(25)28)24-22(27)18-11-13-26(14-12-18)32(29,30)15-5-8-17-6-3-2-4-7-17/h2-4,6-7,9-10,16,18H,5,8,11-15H2,1H3,(H,24,27). The average Bonchev–Trinajstić information content (AvgIpc) is 3.07. The summed E-state index contributed by atoms with van der Waals surface area (Å²) in [7, 11) is -1.59.